The molecule has 0 aliphatic carbocycles. The van der Waals surface area contributed by atoms with E-state index < -0.39 is 10.0 Å². The molecule has 2 aromatic rings. The van der Waals surface area contributed by atoms with Crippen molar-refractivity contribution in [3.8, 4) is 0 Å². The van der Waals surface area contributed by atoms with Crippen LogP contribution in [-0.2, 0) is 16.6 Å². The van der Waals surface area contributed by atoms with E-state index in [0.717, 1.165) is 10.0 Å². The minimum absolute atomic E-state index is 0.250. The van der Waals surface area contributed by atoms with E-state index in [0.29, 0.717) is 12.2 Å². The topological polar surface area (TPSA) is 49.7 Å². The maximum atomic E-state index is 11.9. The molecule has 0 saturated carbocycles. The molecule has 0 saturated heterocycles. The summed E-state index contributed by atoms with van der Waals surface area (Å²) in [6.07, 6.45) is 1.37. The van der Waals surface area contributed by atoms with E-state index in [-0.39, 0.29) is 4.90 Å². The smallest absolute Gasteiger partial charge is 0.285 e. The van der Waals surface area contributed by atoms with Crippen LogP contribution in [0.2, 0.25) is 0 Å². The Bertz CT molecular complexity index is 770. The summed E-state index contributed by atoms with van der Waals surface area (Å²) in [7, 11) is -3.55. The van der Waals surface area contributed by atoms with Crippen molar-refractivity contribution in [1.29, 1.82) is 0 Å². The van der Waals surface area contributed by atoms with Gasteiger partial charge in [0.05, 0.1) is 5.69 Å². The van der Waals surface area contributed by atoms with Crippen molar-refractivity contribution in [2.75, 3.05) is 4.90 Å². The Hall–Kier alpha value is -1.66. The molecule has 6 heteroatoms. The highest BCUT2D eigenvalue weighted by Gasteiger charge is 2.24. The van der Waals surface area contributed by atoms with E-state index in [1.807, 2.05) is 35.2 Å². The van der Waals surface area contributed by atoms with Gasteiger partial charge in [-0.05, 0) is 29.8 Å². The average molecular weight is 351 g/mol. The molecule has 0 fully saturated rings. The highest BCUT2D eigenvalue weighted by Crippen LogP contribution is 2.30. The predicted molar refractivity (Wildman–Crippen MR) is 82.4 cm³/mol. The summed E-state index contributed by atoms with van der Waals surface area (Å²) in [5.41, 5.74) is 1.74. The monoisotopic (exact) mass is 350 g/mol. The summed E-state index contributed by atoms with van der Waals surface area (Å²) in [5.74, 6) is 0. The molecule has 2 aromatic carbocycles. The van der Waals surface area contributed by atoms with Gasteiger partial charge in [-0.25, -0.2) is 0 Å². The van der Waals surface area contributed by atoms with Crippen LogP contribution < -0.4 is 4.90 Å². The molecular formula is C14H11BrN2O2S. The van der Waals surface area contributed by atoms with Crippen LogP contribution in [0.5, 0.6) is 0 Å². The minimum atomic E-state index is -3.55. The van der Waals surface area contributed by atoms with Crippen molar-refractivity contribution in [2.24, 2.45) is 4.40 Å². The summed E-state index contributed by atoms with van der Waals surface area (Å²) in [6, 6.07) is 14.8. The molecule has 3 rings (SSSR count). The van der Waals surface area contributed by atoms with E-state index in [9.17, 15) is 8.42 Å². The van der Waals surface area contributed by atoms with Crippen LogP contribution in [0.4, 0.5) is 5.69 Å². The molecule has 1 aliphatic heterocycles. The lowest BCUT2D eigenvalue weighted by Crippen LogP contribution is -2.26. The third kappa shape index (κ3) is 2.48. The van der Waals surface area contributed by atoms with Gasteiger partial charge in [-0.1, -0.05) is 40.2 Å². The maximum absolute atomic E-state index is 11.9. The first kappa shape index (κ1) is 13.3. The Morgan fingerprint density at radius 2 is 1.75 bits per heavy atom. The average Bonchev–Trinajstić information content (AvgIpc) is 2.45. The lowest BCUT2D eigenvalue weighted by molar-refractivity contribution is 0.597. The molecule has 0 amide bonds. The fraction of sp³-hybridized carbons (Fsp3) is 0.0714. The molecule has 0 N–H and O–H groups in total. The van der Waals surface area contributed by atoms with Crippen molar-refractivity contribution >= 4 is 38.0 Å². The molecule has 4 nitrogen and oxygen atoms in total. The van der Waals surface area contributed by atoms with Crippen LogP contribution in [0, 0.1) is 0 Å². The van der Waals surface area contributed by atoms with Crippen LogP contribution >= 0.6 is 15.9 Å². The first-order chi connectivity index (χ1) is 9.56. The third-order valence-corrected chi connectivity index (χ3v) is 4.85. The number of hydrogen-bond donors (Lipinski definition) is 0. The molecule has 0 radical (unpaired) electrons. The van der Waals surface area contributed by atoms with Gasteiger partial charge in [0, 0.05) is 11.0 Å². The Balaban J connectivity index is 1.98. The van der Waals surface area contributed by atoms with Gasteiger partial charge in [0.1, 0.15) is 11.2 Å². The number of halogens is 1. The molecular weight excluding hydrogens is 340 g/mol. The maximum Gasteiger partial charge on any atom is 0.285 e. The zero-order valence-corrected chi connectivity index (χ0v) is 12.8. The predicted octanol–water partition coefficient (Wildman–Crippen LogP) is 3.19. The SMILES string of the molecule is O=S1(=O)N=CN(Cc2ccc(Br)cc2)c2ccccc21. The summed E-state index contributed by atoms with van der Waals surface area (Å²) in [4.78, 5) is 2.08. The zero-order chi connectivity index (χ0) is 14.2. The van der Waals surface area contributed by atoms with Gasteiger partial charge >= 0.3 is 0 Å². The molecule has 1 aliphatic rings. The van der Waals surface area contributed by atoms with Gasteiger partial charge in [0.2, 0.25) is 0 Å². The Morgan fingerprint density at radius 1 is 1.05 bits per heavy atom. The molecule has 0 bridgehead atoms. The Labute approximate surface area is 125 Å². The van der Waals surface area contributed by atoms with Crippen LogP contribution in [-0.4, -0.2) is 14.8 Å². The lowest BCUT2D eigenvalue weighted by atomic mass is 10.2. The summed E-state index contributed by atoms with van der Waals surface area (Å²) >= 11 is 3.39. The number of sulfonamides is 1. The molecule has 102 valence electrons. The zero-order valence-electron chi connectivity index (χ0n) is 10.4. The van der Waals surface area contributed by atoms with E-state index in [1.165, 1.54) is 6.34 Å². The number of fused-ring (bicyclic) bond motifs is 1. The van der Waals surface area contributed by atoms with Crippen molar-refractivity contribution in [3.63, 3.8) is 0 Å². The van der Waals surface area contributed by atoms with Gasteiger partial charge in [0.15, 0.2) is 0 Å². The highest BCUT2D eigenvalue weighted by atomic mass is 79.9. The largest absolute Gasteiger partial charge is 0.326 e. The molecule has 0 atom stereocenters. The third-order valence-electron chi connectivity index (χ3n) is 3.04. The van der Waals surface area contributed by atoms with Crippen LogP contribution in [0.1, 0.15) is 5.56 Å². The Kier molecular flexibility index (Phi) is 3.35. The molecule has 0 aromatic heterocycles. The number of nitrogens with zero attached hydrogens (tertiary/aromatic N) is 2. The molecule has 1 heterocycles. The van der Waals surface area contributed by atoms with Crippen LogP contribution in [0.15, 0.2) is 62.3 Å². The quantitative estimate of drug-likeness (QED) is 0.835. The first-order valence-corrected chi connectivity index (χ1v) is 8.20. The lowest BCUT2D eigenvalue weighted by Gasteiger charge is -2.25. The van der Waals surface area contributed by atoms with Crippen molar-refractivity contribution in [1.82, 2.24) is 0 Å². The van der Waals surface area contributed by atoms with Gasteiger partial charge in [0.25, 0.3) is 10.0 Å². The van der Waals surface area contributed by atoms with Gasteiger partial charge < -0.3 is 4.90 Å². The number of rotatable bonds is 2. The van der Waals surface area contributed by atoms with Gasteiger partial charge in [-0.2, -0.15) is 8.42 Å². The number of benzene rings is 2. The summed E-state index contributed by atoms with van der Waals surface area (Å²) in [5, 5.41) is 0. The summed E-state index contributed by atoms with van der Waals surface area (Å²) < 4.78 is 28.4. The number of anilines is 1. The van der Waals surface area contributed by atoms with Gasteiger partial charge in [-0.15, -0.1) is 4.40 Å². The Morgan fingerprint density at radius 3 is 2.50 bits per heavy atom. The number of para-hydroxylation sites is 1. The minimum Gasteiger partial charge on any atom is -0.326 e. The van der Waals surface area contributed by atoms with Crippen LogP contribution in [0.3, 0.4) is 0 Å². The molecule has 20 heavy (non-hydrogen) atoms. The molecule has 0 spiro atoms. The second-order valence-electron chi connectivity index (χ2n) is 4.42. The second kappa shape index (κ2) is 5.03. The van der Waals surface area contributed by atoms with E-state index in [1.54, 1.807) is 18.2 Å². The van der Waals surface area contributed by atoms with E-state index in [4.69, 9.17) is 0 Å². The fourth-order valence-corrected chi connectivity index (χ4v) is 3.38. The summed E-state index contributed by atoms with van der Waals surface area (Å²) in [6.45, 7) is 0.573. The van der Waals surface area contributed by atoms with E-state index >= 15 is 0 Å². The first-order valence-electron chi connectivity index (χ1n) is 5.97. The second-order valence-corrected chi connectivity index (χ2v) is 6.93. The standard InChI is InChI=1S/C14H11BrN2O2S/c15-12-7-5-11(6-8-12)9-17-10-16-20(18,19)14-4-2-1-3-13(14)17/h1-8,10H,9H2. The number of hydrogen-bond acceptors (Lipinski definition) is 3. The van der Waals surface area contributed by atoms with Crippen molar-refractivity contribution in [3.05, 3.63) is 58.6 Å². The van der Waals surface area contributed by atoms with Crippen LogP contribution in [0.25, 0.3) is 0 Å². The normalized spacial score (nSPS) is 15.9. The van der Waals surface area contributed by atoms with Crippen molar-refractivity contribution in [2.45, 2.75) is 11.4 Å². The van der Waals surface area contributed by atoms with E-state index in [2.05, 4.69) is 20.3 Å². The van der Waals surface area contributed by atoms with Gasteiger partial charge in [-0.3, -0.25) is 0 Å². The highest BCUT2D eigenvalue weighted by molar-refractivity contribution is 9.10. The molecule has 0 unspecified atom stereocenters. The fourth-order valence-electron chi connectivity index (χ4n) is 2.06. The van der Waals surface area contributed by atoms with Crippen molar-refractivity contribution < 1.29 is 8.42 Å².